The molecule has 0 aromatic carbocycles. The number of rotatable bonds is 5. The minimum atomic E-state index is -0.294. The summed E-state index contributed by atoms with van der Waals surface area (Å²) in [6.45, 7) is 1.18. The summed E-state index contributed by atoms with van der Waals surface area (Å²) in [4.78, 5) is 25.8. The molecule has 7 nitrogen and oxygen atoms in total. The molecule has 1 fully saturated rings. The van der Waals surface area contributed by atoms with Gasteiger partial charge in [-0.05, 0) is 43.1 Å². The number of nitrogens with zero attached hydrogens (tertiary/aromatic N) is 4. The molecule has 1 aliphatic rings. The van der Waals surface area contributed by atoms with E-state index < -0.39 is 0 Å². The standard InChI is InChI=1S/C15H18N6O/c16-13(22)10-21-8-1-3-12(21)11-4-7-17-14(9-11)20-15-18-5-2-6-19-15/h2,4-7,9,12H,1,3,8,10H2,(H2,16,22)(H,17,18,19,20)/t12-/m1/s1. The number of carbonyl (C=O) groups is 1. The summed E-state index contributed by atoms with van der Waals surface area (Å²) in [6.07, 6.45) is 7.17. The summed E-state index contributed by atoms with van der Waals surface area (Å²) in [5, 5.41) is 3.08. The van der Waals surface area contributed by atoms with Gasteiger partial charge in [0.15, 0.2) is 0 Å². The summed E-state index contributed by atoms with van der Waals surface area (Å²) in [7, 11) is 0. The molecule has 0 radical (unpaired) electrons. The molecule has 1 saturated heterocycles. The predicted octanol–water partition coefficient (Wildman–Crippen LogP) is 1.24. The minimum Gasteiger partial charge on any atom is -0.369 e. The number of hydrogen-bond donors (Lipinski definition) is 2. The Hall–Kier alpha value is -2.54. The summed E-state index contributed by atoms with van der Waals surface area (Å²) in [5.74, 6) is 0.902. The van der Waals surface area contributed by atoms with E-state index >= 15 is 0 Å². The van der Waals surface area contributed by atoms with E-state index in [1.807, 2.05) is 12.1 Å². The van der Waals surface area contributed by atoms with Crippen LogP contribution >= 0.6 is 0 Å². The molecule has 0 aliphatic carbocycles. The average Bonchev–Trinajstić information content (AvgIpc) is 2.96. The summed E-state index contributed by atoms with van der Waals surface area (Å²) in [5.41, 5.74) is 6.44. The molecule has 0 saturated carbocycles. The van der Waals surface area contributed by atoms with Crippen LogP contribution in [0.15, 0.2) is 36.8 Å². The number of amides is 1. The molecule has 1 amide bonds. The van der Waals surface area contributed by atoms with Gasteiger partial charge in [0.25, 0.3) is 0 Å². The number of pyridine rings is 1. The van der Waals surface area contributed by atoms with Crippen LogP contribution in [0.1, 0.15) is 24.4 Å². The smallest absolute Gasteiger partial charge is 0.231 e. The summed E-state index contributed by atoms with van der Waals surface area (Å²) < 4.78 is 0. The van der Waals surface area contributed by atoms with Gasteiger partial charge in [0.05, 0.1) is 6.54 Å². The lowest BCUT2D eigenvalue weighted by Crippen LogP contribution is -2.33. The molecule has 2 aromatic heterocycles. The number of hydrogen-bond acceptors (Lipinski definition) is 6. The fourth-order valence-electron chi connectivity index (χ4n) is 2.79. The highest BCUT2D eigenvalue weighted by Crippen LogP contribution is 2.32. The lowest BCUT2D eigenvalue weighted by Gasteiger charge is -2.23. The van der Waals surface area contributed by atoms with E-state index in [2.05, 4.69) is 25.2 Å². The molecule has 1 aliphatic heterocycles. The molecule has 7 heteroatoms. The molecule has 0 bridgehead atoms. The van der Waals surface area contributed by atoms with Gasteiger partial charge in [0, 0.05) is 24.6 Å². The number of carbonyl (C=O) groups excluding carboxylic acids is 1. The highest BCUT2D eigenvalue weighted by atomic mass is 16.1. The van der Waals surface area contributed by atoms with Crippen molar-refractivity contribution in [3.63, 3.8) is 0 Å². The number of likely N-dealkylation sites (tertiary alicyclic amines) is 1. The third-order valence-corrected chi connectivity index (χ3v) is 3.70. The fraction of sp³-hybridized carbons (Fsp3) is 0.333. The third kappa shape index (κ3) is 3.37. The van der Waals surface area contributed by atoms with Crippen LogP contribution in [0.3, 0.4) is 0 Å². The van der Waals surface area contributed by atoms with Crippen molar-refractivity contribution in [2.45, 2.75) is 18.9 Å². The Bertz CT molecular complexity index is 647. The van der Waals surface area contributed by atoms with Crippen LogP contribution in [0.25, 0.3) is 0 Å². The zero-order valence-electron chi connectivity index (χ0n) is 12.1. The maximum absolute atomic E-state index is 11.2. The summed E-state index contributed by atoms with van der Waals surface area (Å²) in [6, 6.07) is 5.91. The number of nitrogens with two attached hydrogens (primary N) is 1. The molecular formula is C15H18N6O. The van der Waals surface area contributed by atoms with Gasteiger partial charge in [-0.15, -0.1) is 0 Å². The van der Waals surface area contributed by atoms with Gasteiger partial charge in [-0.1, -0.05) is 0 Å². The highest BCUT2D eigenvalue weighted by molar-refractivity contribution is 5.76. The van der Waals surface area contributed by atoms with Crippen molar-refractivity contribution in [1.29, 1.82) is 0 Å². The zero-order valence-corrected chi connectivity index (χ0v) is 12.1. The maximum Gasteiger partial charge on any atom is 0.231 e. The topological polar surface area (TPSA) is 97.0 Å². The average molecular weight is 298 g/mol. The first-order valence-corrected chi connectivity index (χ1v) is 7.25. The van der Waals surface area contributed by atoms with Gasteiger partial charge in [-0.25, -0.2) is 15.0 Å². The van der Waals surface area contributed by atoms with Crippen LogP contribution in [0.5, 0.6) is 0 Å². The Morgan fingerprint density at radius 2 is 2.14 bits per heavy atom. The molecule has 0 unspecified atom stereocenters. The first-order chi connectivity index (χ1) is 10.7. The largest absolute Gasteiger partial charge is 0.369 e. The summed E-state index contributed by atoms with van der Waals surface area (Å²) >= 11 is 0. The second-order valence-electron chi connectivity index (χ2n) is 5.27. The van der Waals surface area contributed by atoms with Crippen LogP contribution in [0.4, 0.5) is 11.8 Å². The maximum atomic E-state index is 11.2. The molecule has 3 N–H and O–H groups in total. The van der Waals surface area contributed by atoms with Crippen molar-refractivity contribution in [2.75, 3.05) is 18.4 Å². The van der Waals surface area contributed by atoms with Gasteiger partial charge in [-0.3, -0.25) is 9.69 Å². The Morgan fingerprint density at radius 1 is 1.32 bits per heavy atom. The van der Waals surface area contributed by atoms with Crippen LogP contribution in [-0.2, 0) is 4.79 Å². The SMILES string of the molecule is NC(=O)CN1CCC[C@@H]1c1ccnc(Nc2ncccn2)c1. The normalized spacial score (nSPS) is 18.3. The van der Waals surface area contributed by atoms with Gasteiger partial charge in [-0.2, -0.15) is 0 Å². The number of aromatic nitrogens is 3. The molecule has 2 aromatic rings. The van der Waals surface area contributed by atoms with Crippen LogP contribution in [0.2, 0.25) is 0 Å². The molecule has 3 heterocycles. The van der Waals surface area contributed by atoms with E-state index in [0.29, 0.717) is 11.8 Å². The Labute approximate surface area is 128 Å². The molecule has 114 valence electrons. The predicted molar refractivity (Wildman–Crippen MR) is 82.3 cm³/mol. The van der Waals surface area contributed by atoms with E-state index in [1.54, 1.807) is 24.7 Å². The van der Waals surface area contributed by atoms with E-state index in [-0.39, 0.29) is 18.5 Å². The first kappa shape index (κ1) is 14.4. The number of primary amides is 1. The van der Waals surface area contributed by atoms with Crippen LogP contribution in [0, 0.1) is 0 Å². The number of anilines is 2. The van der Waals surface area contributed by atoms with E-state index in [9.17, 15) is 4.79 Å². The third-order valence-electron chi connectivity index (χ3n) is 3.70. The monoisotopic (exact) mass is 298 g/mol. The van der Waals surface area contributed by atoms with Crippen molar-refractivity contribution in [2.24, 2.45) is 5.73 Å². The Morgan fingerprint density at radius 3 is 2.91 bits per heavy atom. The first-order valence-electron chi connectivity index (χ1n) is 7.25. The van der Waals surface area contributed by atoms with Crippen LogP contribution < -0.4 is 11.1 Å². The lowest BCUT2D eigenvalue weighted by atomic mass is 10.1. The van der Waals surface area contributed by atoms with Gasteiger partial charge in [0.2, 0.25) is 11.9 Å². The van der Waals surface area contributed by atoms with Crippen molar-refractivity contribution < 1.29 is 4.79 Å². The molecular weight excluding hydrogens is 280 g/mol. The van der Waals surface area contributed by atoms with Crippen molar-refractivity contribution in [3.05, 3.63) is 42.4 Å². The number of nitrogens with one attached hydrogen (secondary N) is 1. The Balaban J connectivity index is 1.77. The molecule has 3 rings (SSSR count). The molecule has 22 heavy (non-hydrogen) atoms. The van der Waals surface area contributed by atoms with Crippen molar-refractivity contribution >= 4 is 17.7 Å². The van der Waals surface area contributed by atoms with Crippen molar-refractivity contribution in [3.8, 4) is 0 Å². The van der Waals surface area contributed by atoms with E-state index in [1.165, 1.54) is 0 Å². The van der Waals surface area contributed by atoms with E-state index in [0.717, 1.165) is 24.9 Å². The zero-order chi connectivity index (χ0) is 15.4. The minimum absolute atomic E-state index is 0.202. The molecule has 0 spiro atoms. The van der Waals surface area contributed by atoms with Crippen molar-refractivity contribution in [1.82, 2.24) is 19.9 Å². The Kier molecular flexibility index (Phi) is 4.24. The van der Waals surface area contributed by atoms with Gasteiger partial charge >= 0.3 is 0 Å². The van der Waals surface area contributed by atoms with Crippen LogP contribution in [-0.4, -0.2) is 38.8 Å². The fourth-order valence-corrected chi connectivity index (χ4v) is 2.79. The second kappa shape index (κ2) is 6.48. The van der Waals surface area contributed by atoms with E-state index in [4.69, 9.17) is 5.73 Å². The second-order valence-corrected chi connectivity index (χ2v) is 5.27. The highest BCUT2D eigenvalue weighted by Gasteiger charge is 2.27. The quantitative estimate of drug-likeness (QED) is 0.862. The van der Waals surface area contributed by atoms with Gasteiger partial charge in [0.1, 0.15) is 5.82 Å². The van der Waals surface area contributed by atoms with Gasteiger partial charge < -0.3 is 11.1 Å². The lowest BCUT2D eigenvalue weighted by molar-refractivity contribution is -0.119. The molecule has 1 atom stereocenters.